The van der Waals surface area contributed by atoms with E-state index < -0.39 is 0 Å². The molecule has 0 spiro atoms. The zero-order chi connectivity index (χ0) is 24.6. The van der Waals surface area contributed by atoms with Crippen LogP contribution in [0.4, 0.5) is 17.2 Å². The van der Waals surface area contributed by atoms with Crippen LogP contribution in [0.15, 0.2) is 99.3 Å². The number of nitrogens with one attached hydrogen (secondary N) is 1. The van der Waals surface area contributed by atoms with Gasteiger partial charge in [-0.2, -0.15) is 0 Å². The Hall–Kier alpha value is -4.36. The van der Waals surface area contributed by atoms with Crippen LogP contribution < -0.4 is 11.1 Å². The van der Waals surface area contributed by atoms with Crippen LogP contribution in [0.25, 0.3) is 33.1 Å². The minimum atomic E-state index is 0.705. The fraction of sp³-hybridized carbons (Fsp3) is 0.0690. The van der Waals surface area contributed by atoms with Gasteiger partial charge in [0.15, 0.2) is 11.4 Å². The Labute approximate surface area is 212 Å². The Morgan fingerprint density at radius 2 is 1.67 bits per heavy atom. The van der Waals surface area contributed by atoms with Crippen molar-refractivity contribution < 1.29 is 4.42 Å². The number of anilines is 3. The molecule has 3 heterocycles. The molecule has 3 aromatic heterocycles. The molecule has 6 aromatic rings. The number of aryl methyl sites for hydroxylation is 2. The first kappa shape index (κ1) is 22.1. The average molecular weight is 490 g/mol. The van der Waals surface area contributed by atoms with Gasteiger partial charge >= 0.3 is 0 Å². The van der Waals surface area contributed by atoms with E-state index in [2.05, 4.69) is 44.8 Å². The van der Waals surface area contributed by atoms with Crippen molar-refractivity contribution in [3.05, 3.63) is 96.4 Å². The summed E-state index contributed by atoms with van der Waals surface area (Å²) >= 11 is 1.65. The molecule has 0 bridgehead atoms. The molecule has 0 aliphatic carbocycles. The van der Waals surface area contributed by atoms with Crippen molar-refractivity contribution in [2.75, 3.05) is 11.1 Å². The molecular weight excluding hydrogens is 466 g/mol. The lowest BCUT2D eigenvalue weighted by Crippen LogP contribution is -1.99. The van der Waals surface area contributed by atoms with Crippen molar-refractivity contribution in [1.29, 1.82) is 0 Å². The summed E-state index contributed by atoms with van der Waals surface area (Å²) in [5, 5.41) is 14.5. The molecule has 3 aromatic carbocycles. The molecule has 0 atom stereocenters. The van der Waals surface area contributed by atoms with Gasteiger partial charge in [0.2, 0.25) is 0 Å². The standard InChI is InChI=1S/C29H23N5OS/c1-17-7-8-19(16-24(17)30)27-22-5-3-4-6-23(22)29(34-33-27)32-20-9-11-21(12-10-20)36-26-13-14-31-25-15-18(2)35-28(25)26/h3-16H,30H2,1-2H3,(H,32,34). The molecule has 0 amide bonds. The maximum absolute atomic E-state index is 6.15. The van der Waals surface area contributed by atoms with Crippen molar-refractivity contribution in [1.82, 2.24) is 15.2 Å². The quantitative estimate of drug-likeness (QED) is 0.242. The summed E-state index contributed by atoms with van der Waals surface area (Å²) in [6.45, 7) is 3.93. The molecule has 0 saturated heterocycles. The largest absolute Gasteiger partial charge is 0.458 e. The van der Waals surface area contributed by atoms with Crippen LogP contribution in [0.5, 0.6) is 0 Å². The lowest BCUT2D eigenvalue weighted by molar-refractivity contribution is 0.572. The number of aromatic nitrogens is 3. The van der Waals surface area contributed by atoms with E-state index in [1.54, 1.807) is 11.8 Å². The molecular formula is C29H23N5OS. The SMILES string of the molecule is Cc1cc2nccc(Sc3ccc(Nc4nnc(-c5ccc(C)c(N)c5)c5ccccc45)cc3)c2o1. The molecule has 0 radical (unpaired) electrons. The summed E-state index contributed by atoms with van der Waals surface area (Å²) in [7, 11) is 0. The van der Waals surface area contributed by atoms with Crippen molar-refractivity contribution >= 4 is 50.8 Å². The third-order valence-electron chi connectivity index (χ3n) is 6.08. The van der Waals surface area contributed by atoms with Crippen molar-refractivity contribution in [3.8, 4) is 11.3 Å². The highest BCUT2D eigenvalue weighted by atomic mass is 32.2. The van der Waals surface area contributed by atoms with E-state index in [4.69, 9.17) is 10.2 Å². The van der Waals surface area contributed by atoms with Gasteiger partial charge in [-0.05, 0) is 55.8 Å². The number of rotatable bonds is 5. The van der Waals surface area contributed by atoms with Crippen LogP contribution >= 0.6 is 11.8 Å². The van der Waals surface area contributed by atoms with E-state index in [1.165, 1.54) is 0 Å². The molecule has 0 saturated carbocycles. The first-order chi connectivity index (χ1) is 17.5. The third-order valence-corrected chi connectivity index (χ3v) is 7.13. The minimum absolute atomic E-state index is 0.705. The monoisotopic (exact) mass is 489 g/mol. The summed E-state index contributed by atoms with van der Waals surface area (Å²) in [5.74, 6) is 1.56. The molecule has 3 N–H and O–H groups in total. The smallest absolute Gasteiger partial charge is 0.166 e. The first-order valence-corrected chi connectivity index (χ1v) is 12.4. The van der Waals surface area contributed by atoms with Gasteiger partial charge in [0.05, 0.1) is 4.90 Å². The number of nitrogen functional groups attached to an aromatic ring is 1. The molecule has 0 aliphatic rings. The Morgan fingerprint density at radius 1 is 0.861 bits per heavy atom. The fourth-order valence-corrected chi connectivity index (χ4v) is 5.08. The molecule has 6 nitrogen and oxygen atoms in total. The number of pyridine rings is 1. The van der Waals surface area contributed by atoms with E-state index in [0.29, 0.717) is 5.82 Å². The number of hydrogen-bond acceptors (Lipinski definition) is 7. The zero-order valence-corrected chi connectivity index (χ0v) is 20.6. The van der Waals surface area contributed by atoms with Gasteiger partial charge in [-0.1, -0.05) is 48.2 Å². The second kappa shape index (κ2) is 9.02. The van der Waals surface area contributed by atoms with Crippen LogP contribution in [-0.4, -0.2) is 15.2 Å². The number of hydrogen-bond donors (Lipinski definition) is 2. The first-order valence-electron chi connectivity index (χ1n) is 11.6. The summed E-state index contributed by atoms with van der Waals surface area (Å²) < 4.78 is 5.85. The molecule has 176 valence electrons. The van der Waals surface area contributed by atoms with Crippen molar-refractivity contribution in [3.63, 3.8) is 0 Å². The van der Waals surface area contributed by atoms with Crippen LogP contribution in [0.2, 0.25) is 0 Å². The number of benzene rings is 3. The number of furan rings is 1. The predicted molar refractivity (Wildman–Crippen MR) is 147 cm³/mol. The van der Waals surface area contributed by atoms with Gasteiger partial charge in [-0.15, -0.1) is 10.2 Å². The topological polar surface area (TPSA) is 89.9 Å². The highest BCUT2D eigenvalue weighted by Gasteiger charge is 2.13. The highest BCUT2D eigenvalue weighted by Crippen LogP contribution is 2.36. The zero-order valence-electron chi connectivity index (χ0n) is 19.8. The van der Waals surface area contributed by atoms with E-state index in [1.807, 2.05) is 74.6 Å². The second-order valence-electron chi connectivity index (χ2n) is 8.65. The molecule has 36 heavy (non-hydrogen) atoms. The lowest BCUT2D eigenvalue weighted by Gasteiger charge is -2.12. The second-order valence-corrected chi connectivity index (χ2v) is 9.76. The normalized spacial score (nSPS) is 11.3. The Bertz CT molecular complexity index is 1730. The van der Waals surface area contributed by atoms with E-state index in [9.17, 15) is 0 Å². The maximum atomic E-state index is 6.15. The van der Waals surface area contributed by atoms with E-state index >= 15 is 0 Å². The summed E-state index contributed by atoms with van der Waals surface area (Å²) in [6.07, 6.45) is 1.81. The number of nitrogens with zero attached hydrogens (tertiary/aromatic N) is 3. The van der Waals surface area contributed by atoms with Crippen molar-refractivity contribution in [2.24, 2.45) is 0 Å². The third kappa shape index (κ3) is 4.14. The predicted octanol–water partition coefficient (Wildman–Crippen LogP) is 7.53. The van der Waals surface area contributed by atoms with Crippen LogP contribution in [-0.2, 0) is 0 Å². The van der Waals surface area contributed by atoms with Gasteiger partial charge < -0.3 is 15.5 Å². The molecule has 0 fully saturated rings. The van der Waals surface area contributed by atoms with E-state index in [-0.39, 0.29) is 0 Å². The van der Waals surface area contributed by atoms with Crippen molar-refractivity contribution in [2.45, 2.75) is 23.6 Å². The lowest BCUT2D eigenvalue weighted by atomic mass is 10.0. The average Bonchev–Trinajstić information content (AvgIpc) is 3.28. The van der Waals surface area contributed by atoms with E-state index in [0.717, 1.165) is 65.6 Å². The van der Waals surface area contributed by atoms with Crippen LogP contribution in [0, 0.1) is 13.8 Å². The van der Waals surface area contributed by atoms with Gasteiger partial charge in [-0.25, -0.2) is 0 Å². The maximum Gasteiger partial charge on any atom is 0.166 e. The molecule has 0 aliphatic heterocycles. The fourth-order valence-electron chi connectivity index (χ4n) is 4.18. The van der Waals surface area contributed by atoms with Gasteiger partial charge in [0.25, 0.3) is 0 Å². The highest BCUT2D eigenvalue weighted by molar-refractivity contribution is 7.99. The van der Waals surface area contributed by atoms with Gasteiger partial charge in [-0.3, -0.25) is 4.98 Å². The Kier molecular flexibility index (Phi) is 5.54. The van der Waals surface area contributed by atoms with Gasteiger partial charge in [0, 0.05) is 44.9 Å². The summed E-state index contributed by atoms with van der Waals surface area (Å²) in [6, 6.07) is 26.3. The van der Waals surface area contributed by atoms with Crippen LogP contribution in [0.3, 0.4) is 0 Å². The van der Waals surface area contributed by atoms with Gasteiger partial charge in [0.1, 0.15) is 17.0 Å². The van der Waals surface area contributed by atoms with Crippen LogP contribution in [0.1, 0.15) is 11.3 Å². The molecule has 6 rings (SSSR count). The molecule has 0 unspecified atom stereocenters. The Balaban J connectivity index is 1.28. The summed E-state index contributed by atoms with van der Waals surface area (Å²) in [5.41, 5.74) is 12.3. The minimum Gasteiger partial charge on any atom is -0.458 e. The number of nitrogens with two attached hydrogens (primary N) is 1. The number of fused-ring (bicyclic) bond motifs is 2. The molecule has 7 heteroatoms. The summed E-state index contributed by atoms with van der Waals surface area (Å²) in [4.78, 5) is 6.53. The Morgan fingerprint density at radius 3 is 2.47 bits per heavy atom.